The SMILES string of the molecule is N#Cc1cc(Cl)cc2c1C[C@@H](Nc1ncc3c(n1)CN(C1CCOCC1)C3=O)C2. The van der Waals surface area contributed by atoms with E-state index in [4.69, 9.17) is 16.3 Å². The van der Waals surface area contributed by atoms with Gasteiger partial charge in [0.15, 0.2) is 0 Å². The zero-order chi connectivity index (χ0) is 20.0. The molecule has 0 unspecified atom stereocenters. The van der Waals surface area contributed by atoms with Crippen LogP contribution in [-0.2, 0) is 24.1 Å². The number of anilines is 1. The lowest BCUT2D eigenvalue weighted by molar-refractivity contribution is 0.0302. The van der Waals surface area contributed by atoms with E-state index in [0.29, 0.717) is 41.9 Å². The first-order valence-electron chi connectivity index (χ1n) is 9.85. The van der Waals surface area contributed by atoms with Crippen molar-refractivity contribution in [2.75, 3.05) is 18.5 Å². The predicted molar refractivity (Wildman–Crippen MR) is 107 cm³/mol. The molecular formula is C21H20ClN5O2. The highest BCUT2D eigenvalue weighted by atomic mass is 35.5. The molecule has 1 fully saturated rings. The van der Waals surface area contributed by atoms with E-state index in [1.165, 1.54) is 0 Å². The summed E-state index contributed by atoms with van der Waals surface area (Å²) < 4.78 is 5.41. The minimum atomic E-state index is 0.0139. The lowest BCUT2D eigenvalue weighted by Gasteiger charge is -2.30. The molecule has 0 radical (unpaired) electrons. The molecule has 1 saturated heterocycles. The van der Waals surface area contributed by atoms with E-state index >= 15 is 0 Å². The minimum Gasteiger partial charge on any atom is -0.381 e. The van der Waals surface area contributed by atoms with Gasteiger partial charge in [-0.05, 0) is 48.9 Å². The third-order valence-electron chi connectivity index (χ3n) is 5.99. The van der Waals surface area contributed by atoms with Gasteiger partial charge in [-0.15, -0.1) is 0 Å². The molecule has 3 heterocycles. The Morgan fingerprint density at radius 2 is 2.10 bits per heavy atom. The van der Waals surface area contributed by atoms with E-state index < -0.39 is 0 Å². The quantitative estimate of drug-likeness (QED) is 0.838. The Bertz CT molecular complexity index is 1030. The summed E-state index contributed by atoms with van der Waals surface area (Å²) in [6, 6.07) is 6.17. The molecule has 0 saturated carbocycles. The second kappa shape index (κ2) is 7.29. The van der Waals surface area contributed by atoms with E-state index in [1.54, 1.807) is 12.3 Å². The van der Waals surface area contributed by atoms with Crippen LogP contribution in [0.3, 0.4) is 0 Å². The number of ether oxygens (including phenoxy) is 1. The van der Waals surface area contributed by atoms with Gasteiger partial charge < -0.3 is 15.0 Å². The second-order valence-electron chi connectivity index (χ2n) is 7.78. The maximum atomic E-state index is 12.7. The molecule has 148 valence electrons. The standard InChI is InChI=1S/C21H20ClN5O2/c22-14-5-12-7-15(8-17(12)13(6-14)9-23)25-21-24-10-18-19(26-21)11-27(20(18)28)16-1-3-29-4-2-16/h5-6,10,15-16H,1-4,7-8,11H2,(H,24,25,26)/t15-/m0/s1. The Morgan fingerprint density at radius 3 is 2.90 bits per heavy atom. The predicted octanol–water partition coefficient (Wildman–Crippen LogP) is 2.72. The van der Waals surface area contributed by atoms with Gasteiger partial charge in [0.1, 0.15) is 0 Å². The van der Waals surface area contributed by atoms with Gasteiger partial charge in [0.05, 0.1) is 29.4 Å². The summed E-state index contributed by atoms with van der Waals surface area (Å²) in [4.78, 5) is 23.7. The minimum absolute atomic E-state index is 0.0139. The van der Waals surface area contributed by atoms with Crippen LogP contribution in [0.4, 0.5) is 5.95 Å². The average molecular weight is 410 g/mol. The number of fused-ring (bicyclic) bond motifs is 2. The third-order valence-corrected chi connectivity index (χ3v) is 6.21. The van der Waals surface area contributed by atoms with Crippen LogP contribution >= 0.6 is 11.6 Å². The Labute approximate surface area is 173 Å². The smallest absolute Gasteiger partial charge is 0.257 e. The van der Waals surface area contributed by atoms with E-state index in [1.807, 2.05) is 11.0 Å². The van der Waals surface area contributed by atoms with Gasteiger partial charge in [0, 0.05) is 36.5 Å². The van der Waals surface area contributed by atoms with Crippen LogP contribution in [0.25, 0.3) is 0 Å². The molecule has 29 heavy (non-hydrogen) atoms. The fourth-order valence-electron chi connectivity index (χ4n) is 4.55. The molecule has 1 aromatic heterocycles. The van der Waals surface area contributed by atoms with Crippen LogP contribution in [0.2, 0.25) is 5.02 Å². The molecule has 1 aromatic carbocycles. The van der Waals surface area contributed by atoms with E-state index in [-0.39, 0.29) is 18.0 Å². The van der Waals surface area contributed by atoms with Gasteiger partial charge in [-0.1, -0.05) is 11.6 Å². The Balaban J connectivity index is 1.31. The molecule has 1 atom stereocenters. The van der Waals surface area contributed by atoms with Crippen LogP contribution in [0.5, 0.6) is 0 Å². The maximum absolute atomic E-state index is 12.7. The molecule has 2 aromatic rings. The number of carbonyl (C=O) groups excluding carboxylic acids is 1. The molecule has 3 aliphatic rings. The van der Waals surface area contributed by atoms with Gasteiger partial charge in [0.2, 0.25) is 5.95 Å². The highest BCUT2D eigenvalue weighted by molar-refractivity contribution is 6.30. The lowest BCUT2D eigenvalue weighted by atomic mass is 10.0. The number of hydrogen-bond acceptors (Lipinski definition) is 6. The first-order valence-corrected chi connectivity index (χ1v) is 10.2. The van der Waals surface area contributed by atoms with Crippen molar-refractivity contribution < 1.29 is 9.53 Å². The van der Waals surface area contributed by atoms with Crippen LogP contribution < -0.4 is 5.32 Å². The van der Waals surface area contributed by atoms with Crippen molar-refractivity contribution in [1.82, 2.24) is 14.9 Å². The van der Waals surface area contributed by atoms with Crippen molar-refractivity contribution in [3.8, 4) is 6.07 Å². The first-order chi connectivity index (χ1) is 14.1. The summed E-state index contributed by atoms with van der Waals surface area (Å²) in [7, 11) is 0. The highest BCUT2D eigenvalue weighted by Crippen LogP contribution is 2.31. The summed E-state index contributed by atoms with van der Waals surface area (Å²) in [5, 5.41) is 13.3. The number of hydrogen-bond donors (Lipinski definition) is 1. The molecule has 1 amide bonds. The number of rotatable bonds is 3. The topological polar surface area (TPSA) is 91.1 Å². The number of nitrogens with one attached hydrogen (secondary N) is 1. The van der Waals surface area contributed by atoms with E-state index in [0.717, 1.165) is 42.5 Å². The van der Waals surface area contributed by atoms with Gasteiger partial charge in [-0.3, -0.25) is 4.79 Å². The van der Waals surface area contributed by atoms with Crippen molar-refractivity contribution in [2.24, 2.45) is 0 Å². The van der Waals surface area contributed by atoms with Crippen molar-refractivity contribution in [2.45, 2.75) is 44.3 Å². The summed E-state index contributed by atoms with van der Waals surface area (Å²) in [5.41, 5.74) is 4.12. The number of carbonyl (C=O) groups is 1. The summed E-state index contributed by atoms with van der Waals surface area (Å²) in [6.07, 6.45) is 4.85. The van der Waals surface area contributed by atoms with Crippen molar-refractivity contribution in [3.05, 3.63) is 51.3 Å². The summed E-state index contributed by atoms with van der Waals surface area (Å²) in [5.74, 6) is 0.535. The third kappa shape index (κ3) is 3.33. The zero-order valence-corrected chi connectivity index (χ0v) is 16.6. The van der Waals surface area contributed by atoms with Crippen LogP contribution in [0.15, 0.2) is 18.3 Å². The number of benzene rings is 1. The average Bonchev–Trinajstić information content (AvgIpc) is 3.28. The Hall–Kier alpha value is -2.69. The van der Waals surface area contributed by atoms with Gasteiger partial charge in [0.25, 0.3) is 5.91 Å². The van der Waals surface area contributed by atoms with Gasteiger partial charge >= 0.3 is 0 Å². The van der Waals surface area contributed by atoms with Gasteiger partial charge in [-0.25, -0.2) is 9.97 Å². The number of nitriles is 1. The first kappa shape index (κ1) is 18.3. The summed E-state index contributed by atoms with van der Waals surface area (Å²) >= 11 is 6.13. The molecule has 7 nitrogen and oxygen atoms in total. The van der Waals surface area contributed by atoms with Gasteiger partial charge in [-0.2, -0.15) is 5.26 Å². The number of halogens is 1. The number of aromatic nitrogens is 2. The molecule has 0 spiro atoms. The molecule has 1 aliphatic carbocycles. The number of amides is 1. The van der Waals surface area contributed by atoms with Crippen LogP contribution in [0.1, 0.15) is 45.6 Å². The Morgan fingerprint density at radius 1 is 1.28 bits per heavy atom. The zero-order valence-electron chi connectivity index (χ0n) is 15.8. The molecular weight excluding hydrogens is 390 g/mol. The maximum Gasteiger partial charge on any atom is 0.257 e. The largest absolute Gasteiger partial charge is 0.381 e. The lowest BCUT2D eigenvalue weighted by Crippen LogP contribution is -2.39. The number of nitrogens with zero attached hydrogens (tertiary/aromatic N) is 4. The molecule has 5 rings (SSSR count). The van der Waals surface area contributed by atoms with Crippen molar-refractivity contribution in [3.63, 3.8) is 0 Å². The normalized spacial score (nSPS) is 21.0. The fraction of sp³-hybridized carbons (Fsp3) is 0.429. The van der Waals surface area contributed by atoms with E-state index in [9.17, 15) is 10.1 Å². The van der Waals surface area contributed by atoms with Crippen molar-refractivity contribution >= 4 is 23.5 Å². The molecule has 0 bridgehead atoms. The Kier molecular flexibility index (Phi) is 4.61. The highest BCUT2D eigenvalue weighted by Gasteiger charge is 2.35. The fourth-order valence-corrected chi connectivity index (χ4v) is 4.79. The van der Waals surface area contributed by atoms with E-state index in [2.05, 4.69) is 21.4 Å². The van der Waals surface area contributed by atoms with Crippen LogP contribution in [-0.4, -0.2) is 46.1 Å². The second-order valence-corrected chi connectivity index (χ2v) is 8.22. The van der Waals surface area contributed by atoms with Crippen LogP contribution in [0, 0.1) is 11.3 Å². The molecule has 8 heteroatoms. The van der Waals surface area contributed by atoms with Crippen molar-refractivity contribution in [1.29, 1.82) is 5.26 Å². The molecule has 1 N–H and O–H groups in total. The summed E-state index contributed by atoms with van der Waals surface area (Å²) in [6.45, 7) is 1.91. The molecule has 2 aliphatic heterocycles. The monoisotopic (exact) mass is 409 g/mol.